The average Bonchev–Trinajstić information content (AvgIpc) is 2.63. The molecule has 26 heavy (non-hydrogen) atoms. The van der Waals surface area contributed by atoms with Gasteiger partial charge in [-0.2, -0.15) is 13.2 Å². The van der Waals surface area contributed by atoms with E-state index in [2.05, 4.69) is 9.97 Å². The van der Waals surface area contributed by atoms with Crippen LogP contribution >= 0.6 is 11.8 Å². The van der Waals surface area contributed by atoms with Gasteiger partial charge >= 0.3 is 6.18 Å². The van der Waals surface area contributed by atoms with Gasteiger partial charge in [0.1, 0.15) is 10.6 Å². The summed E-state index contributed by atoms with van der Waals surface area (Å²) in [7, 11) is 0. The second-order valence-electron chi connectivity index (χ2n) is 5.38. The summed E-state index contributed by atoms with van der Waals surface area (Å²) in [4.78, 5) is 10.7. The van der Waals surface area contributed by atoms with Crippen LogP contribution in [0, 0.1) is 0 Å². The van der Waals surface area contributed by atoms with Crippen LogP contribution in [0.2, 0.25) is 0 Å². The Balaban J connectivity index is 2.04. The van der Waals surface area contributed by atoms with Gasteiger partial charge in [0.2, 0.25) is 5.95 Å². The molecule has 3 nitrogen and oxygen atoms in total. The van der Waals surface area contributed by atoms with Crippen molar-refractivity contribution in [2.45, 2.75) is 23.0 Å². The molecule has 0 N–H and O–H groups in total. The molecule has 0 unspecified atom stereocenters. The third kappa shape index (κ3) is 4.16. The first-order valence-corrected chi connectivity index (χ1v) is 8.80. The molecule has 1 heterocycles. The Morgan fingerprint density at radius 2 is 1.58 bits per heavy atom. The second kappa shape index (κ2) is 7.78. The van der Waals surface area contributed by atoms with Crippen LogP contribution in [-0.4, -0.2) is 16.5 Å². The highest BCUT2D eigenvalue weighted by molar-refractivity contribution is 7.99. The Labute approximate surface area is 153 Å². The van der Waals surface area contributed by atoms with Crippen molar-refractivity contribution in [2.75, 3.05) is 11.4 Å². The van der Waals surface area contributed by atoms with E-state index in [9.17, 15) is 13.2 Å². The van der Waals surface area contributed by atoms with Gasteiger partial charge in [-0.1, -0.05) is 48.2 Å². The van der Waals surface area contributed by atoms with Crippen molar-refractivity contribution in [3.63, 3.8) is 0 Å². The SMILES string of the molecule is CCN(c1ccccc1)c1ncc(C(F)(F)F)c(Sc2ccccc2)n1. The standard InChI is InChI=1S/C19H16F3N3S/c1-2-25(14-9-5-3-6-10-14)18-23-13-16(19(20,21)22)17(24-18)26-15-11-7-4-8-12-15/h3-13H,2H2,1H3. The first kappa shape index (κ1) is 18.3. The molecular weight excluding hydrogens is 359 g/mol. The van der Waals surface area contributed by atoms with Gasteiger partial charge in [-0.3, -0.25) is 0 Å². The van der Waals surface area contributed by atoms with Crippen LogP contribution < -0.4 is 4.90 Å². The normalized spacial score (nSPS) is 11.4. The summed E-state index contributed by atoms with van der Waals surface area (Å²) in [5, 5.41) is -0.108. The molecule has 0 saturated heterocycles. The van der Waals surface area contributed by atoms with Crippen LogP contribution in [-0.2, 0) is 6.18 Å². The maximum atomic E-state index is 13.4. The fourth-order valence-electron chi connectivity index (χ4n) is 2.41. The van der Waals surface area contributed by atoms with Gasteiger partial charge < -0.3 is 4.90 Å². The number of alkyl halides is 3. The number of aromatic nitrogens is 2. The lowest BCUT2D eigenvalue weighted by Gasteiger charge is -2.22. The molecule has 0 atom stereocenters. The highest BCUT2D eigenvalue weighted by Crippen LogP contribution is 2.39. The van der Waals surface area contributed by atoms with E-state index >= 15 is 0 Å². The van der Waals surface area contributed by atoms with Crippen molar-refractivity contribution in [2.24, 2.45) is 0 Å². The number of nitrogens with zero attached hydrogens (tertiary/aromatic N) is 3. The molecule has 3 rings (SSSR count). The second-order valence-corrected chi connectivity index (χ2v) is 6.44. The van der Waals surface area contributed by atoms with Gasteiger partial charge in [-0.05, 0) is 31.2 Å². The summed E-state index contributed by atoms with van der Waals surface area (Å²) >= 11 is 0.981. The van der Waals surface area contributed by atoms with E-state index in [0.717, 1.165) is 23.6 Å². The van der Waals surface area contributed by atoms with Crippen molar-refractivity contribution >= 4 is 23.4 Å². The van der Waals surface area contributed by atoms with Gasteiger partial charge in [0, 0.05) is 23.3 Å². The zero-order valence-electron chi connectivity index (χ0n) is 13.9. The van der Waals surface area contributed by atoms with E-state index in [1.165, 1.54) is 0 Å². The Kier molecular flexibility index (Phi) is 5.46. The molecule has 1 aromatic heterocycles. The number of halogens is 3. The van der Waals surface area contributed by atoms with Gasteiger partial charge in [0.15, 0.2) is 0 Å². The molecule has 0 aliphatic rings. The van der Waals surface area contributed by atoms with Crippen LogP contribution in [0.25, 0.3) is 0 Å². The molecule has 0 aliphatic heterocycles. The van der Waals surface area contributed by atoms with E-state index in [1.807, 2.05) is 43.3 Å². The molecule has 7 heteroatoms. The lowest BCUT2D eigenvalue weighted by molar-refractivity contribution is -0.140. The first-order chi connectivity index (χ1) is 12.5. The van der Waals surface area contributed by atoms with Gasteiger partial charge in [-0.25, -0.2) is 9.97 Å². The van der Waals surface area contributed by atoms with E-state index in [1.54, 1.807) is 29.2 Å². The zero-order valence-corrected chi connectivity index (χ0v) is 14.8. The smallest absolute Gasteiger partial charge is 0.311 e. The topological polar surface area (TPSA) is 29.0 Å². The van der Waals surface area contributed by atoms with Crippen molar-refractivity contribution in [3.05, 3.63) is 72.4 Å². The molecule has 2 aromatic carbocycles. The molecule has 3 aromatic rings. The minimum absolute atomic E-state index is 0.108. The lowest BCUT2D eigenvalue weighted by Crippen LogP contribution is -2.20. The zero-order chi connectivity index (χ0) is 18.6. The summed E-state index contributed by atoms with van der Waals surface area (Å²) < 4.78 is 40.1. The van der Waals surface area contributed by atoms with Gasteiger partial charge in [-0.15, -0.1) is 0 Å². The number of rotatable bonds is 5. The largest absolute Gasteiger partial charge is 0.420 e. The Morgan fingerprint density at radius 3 is 2.15 bits per heavy atom. The van der Waals surface area contributed by atoms with E-state index < -0.39 is 11.7 Å². The van der Waals surface area contributed by atoms with Crippen LogP contribution in [0.3, 0.4) is 0 Å². The Bertz CT molecular complexity index is 855. The third-order valence-electron chi connectivity index (χ3n) is 3.63. The highest BCUT2D eigenvalue weighted by atomic mass is 32.2. The highest BCUT2D eigenvalue weighted by Gasteiger charge is 2.35. The quantitative estimate of drug-likeness (QED) is 0.527. The molecule has 0 bridgehead atoms. The fourth-order valence-corrected chi connectivity index (χ4v) is 3.33. The fraction of sp³-hybridized carbons (Fsp3) is 0.158. The van der Waals surface area contributed by atoms with Gasteiger partial charge in [0.05, 0.1) is 0 Å². The van der Waals surface area contributed by atoms with Crippen LogP contribution in [0.4, 0.5) is 24.8 Å². The van der Waals surface area contributed by atoms with E-state index in [-0.39, 0.29) is 11.0 Å². The lowest BCUT2D eigenvalue weighted by atomic mass is 10.3. The van der Waals surface area contributed by atoms with Crippen LogP contribution in [0.5, 0.6) is 0 Å². The average molecular weight is 375 g/mol. The van der Waals surface area contributed by atoms with Crippen molar-refractivity contribution in [1.29, 1.82) is 0 Å². The predicted molar refractivity (Wildman–Crippen MR) is 96.7 cm³/mol. The maximum absolute atomic E-state index is 13.4. The third-order valence-corrected chi connectivity index (χ3v) is 4.64. The van der Waals surface area contributed by atoms with E-state index in [4.69, 9.17) is 0 Å². The first-order valence-electron chi connectivity index (χ1n) is 7.98. The molecule has 0 fully saturated rings. The predicted octanol–water partition coefficient (Wildman–Crippen LogP) is 5.80. The number of hydrogen-bond donors (Lipinski definition) is 0. The van der Waals surface area contributed by atoms with Crippen molar-refractivity contribution in [1.82, 2.24) is 9.97 Å². The molecule has 0 amide bonds. The minimum Gasteiger partial charge on any atom is -0.311 e. The summed E-state index contributed by atoms with van der Waals surface area (Å²) in [6, 6.07) is 18.2. The summed E-state index contributed by atoms with van der Waals surface area (Å²) in [5.74, 6) is 0.241. The van der Waals surface area contributed by atoms with E-state index in [0.29, 0.717) is 11.4 Å². The summed E-state index contributed by atoms with van der Waals surface area (Å²) in [6.45, 7) is 2.43. The Hall–Kier alpha value is -2.54. The van der Waals surface area contributed by atoms with Crippen LogP contribution in [0.15, 0.2) is 76.8 Å². The molecule has 0 radical (unpaired) electrons. The van der Waals surface area contributed by atoms with Gasteiger partial charge in [0.25, 0.3) is 0 Å². The van der Waals surface area contributed by atoms with Crippen molar-refractivity contribution < 1.29 is 13.2 Å². The molecule has 0 spiro atoms. The summed E-state index contributed by atoms with van der Waals surface area (Å²) in [6.07, 6.45) is -3.65. The number of anilines is 2. The maximum Gasteiger partial charge on any atom is 0.420 e. The number of para-hydroxylation sites is 1. The molecule has 0 saturated carbocycles. The Morgan fingerprint density at radius 1 is 0.962 bits per heavy atom. The minimum atomic E-state index is -4.51. The summed E-state index contributed by atoms with van der Waals surface area (Å²) in [5.41, 5.74) is -0.00959. The molecular formula is C19H16F3N3S. The van der Waals surface area contributed by atoms with Crippen molar-refractivity contribution in [3.8, 4) is 0 Å². The monoisotopic (exact) mass is 375 g/mol. The van der Waals surface area contributed by atoms with Crippen LogP contribution in [0.1, 0.15) is 12.5 Å². The molecule has 134 valence electrons. The molecule has 0 aliphatic carbocycles. The number of hydrogen-bond acceptors (Lipinski definition) is 4. The number of benzene rings is 2.